The van der Waals surface area contributed by atoms with Gasteiger partial charge in [0.05, 0.1) is 11.4 Å². The third kappa shape index (κ3) is 4.16. The third-order valence-corrected chi connectivity index (χ3v) is 3.45. The zero-order valence-corrected chi connectivity index (χ0v) is 11.2. The summed E-state index contributed by atoms with van der Waals surface area (Å²) in [7, 11) is -2.32. The van der Waals surface area contributed by atoms with Gasteiger partial charge < -0.3 is 10.6 Å². The number of anilines is 1. The van der Waals surface area contributed by atoms with E-state index in [-0.39, 0.29) is 16.1 Å². The van der Waals surface area contributed by atoms with Gasteiger partial charge in [-0.05, 0) is 18.2 Å². The first-order valence-corrected chi connectivity index (χ1v) is 7.14. The molecule has 8 heteroatoms. The second kappa shape index (κ2) is 5.52. The molecular weight excluding hydrogens is 278 g/mol. The predicted octanol–water partition coefficient (Wildman–Crippen LogP) is 1.01. The number of hydrogen-bond donors (Lipinski definition) is 1. The molecule has 0 spiro atoms. The van der Waals surface area contributed by atoms with Crippen LogP contribution in [0.5, 0.6) is 0 Å². The molecule has 0 atom stereocenters. The molecule has 0 bridgehead atoms. The van der Waals surface area contributed by atoms with Gasteiger partial charge in [-0.2, -0.15) is 0 Å². The molecular formula is C11H14F2N2O3S. The Morgan fingerprint density at radius 2 is 1.95 bits per heavy atom. The van der Waals surface area contributed by atoms with E-state index < -0.39 is 28.7 Å². The minimum absolute atomic E-state index is 0.0384. The lowest BCUT2D eigenvalue weighted by Crippen LogP contribution is -2.31. The normalized spacial score (nSPS) is 11.6. The Morgan fingerprint density at radius 3 is 2.42 bits per heavy atom. The van der Waals surface area contributed by atoms with Crippen LogP contribution in [0.15, 0.2) is 23.1 Å². The van der Waals surface area contributed by atoms with Crippen molar-refractivity contribution in [3.05, 3.63) is 23.8 Å². The van der Waals surface area contributed by atoms with Crippen molar-refractivity contribution in [2.45, 2.75) is 11.3 Å². The number of nitrogen functional groups attached to an aromatic ring is 1. The van der Waals surface area contributed by atoms with E-state index >= 15 is 0 Å². The quantitative estimate of drug-likeness (QED) is 0.840. The average Bonchev–Trinajstić information content (AvgIpc) is 2.25. The Bertz CT molecular complexity index is 588. The summed E-state index contributed by atoms with van der Waals surface area (Å²) in [6.07, 6.45) is -1.69. The highest BCUT2D eigenvalue weighted by Gasteiger charge is 2.18. The summed E-state index contributed by atoms with van der Waals surface area (Å²) in [6.45, 7) is -0.734. The van der Waals surface area contributed by atoms with Gasteiger partial charge >= 0.3 is 0 Å². The molecule has 0 aliphatic rings. The minimum atomic E-state index is -3.53. The summed E-state index contributed by atoms with van der Waals surface area (Å²) in [5, 5.41) is 0. The highest BCUT2D eigenvalue weighted by Crippen LogP contribution is 2.18. The second-order valence-electron chi connectivity index (χ2n) is 4.14. The van der Waals surface area contributed by atoms with Crippen molar-refractivity contribution in [3.8, 4) is 0 Å². The van der Waals surface area contributed by atoms with E-state index in [9.17, 15) is 22.0 Å². The van der Waals surface area contributed by atoms with Crippen LogP contribution < -0.4 is 5.73 Å². The average molecular weight is 292 g/mol. The lowest BCUT2D eigenvalue weighted by atomic mass is 10.2. The minimum Gasteiger partial charge on any atom is -0.399 e. The third-order valence-electron chi connectivity index (χ3n) is 2.36. The number of benzene rings is 1. The van der Waals surface area contributed by atoms with Crippen molar-refractivity contribution in [1.82, 2.24) is 4.90 Å². The fourth-order valence-corrected chi connectivity index (χ4v) is 2.16. The van der Waals surface area contributed by atoms with Gasteiger partial charge in [-0.15, -0.1) is 0 Å². The molecule has 1 aromatic rings. The van der Waals surface area contributed by atoms with Gasteiger partial charge in [-0.1, -0.05) is 0 Å². The van der Waals surface area contributed by atoms with Crippen LogP contribution in [0.25, 0.3) is 0 Å². The summed E-state index contributed by atoms with van der Waals surface area (Å²) in [5.74, 6) is -0.711. The van der Waals surface area contributed by atoms with E-state index in [2.05, 4.69) is 0 Å². The molecule has 19 heavy (non-hydrogen) atoms. The van der Waals surface area contributed by atoms with Crippen molar-refractivity contribution < 1.29 is 22.0 Å². The lowest BCUT2D eigenvalue weighted by molar-refractivity contribution is 0.0620. The first-order chi connectivity index (χ1) is 8.61. The van der Waals surface area contributed by atoms with Gasteiger partial charge in [-0.3, -0.25) is 4.79 Å². The van der Waals surface area contributed by atoms with Gasteiger partial charge in [-0.25, -0.2) is 17.2 Å². The number of sulfone groups is 1. The van der Waals surface area contributed by atoms with Crippen molar-refractivity contribution in [3.63, 3.8) is 0 Å². The summed E-state index contributed by atoms with van der Waals surface area (Å²) in [4.78, 5) is 12.5. The van der Waals surface area contributed by atoms with Crippen molar-refractivity contribution >= 4 is 21.4 Å². The molecule has 0 radical (unpaired) electrons. The molecule has 1 rings (SSSR count). The predicted molar refractivity (Wildman–Crippen MR) is 66.9 cm³/mol. The summed E-state index contributed by atoms with van der Waals surface area (Å²) in [5.41, 5.74) is 5.55. The Kier molecular flexibility index (Phi) is 4.46. The van der Waals surface area contributed by atoms with E-state index in [1.54, 1.807) is 0 Å². The lowest BCUT2D eigenvalue weighted by Gasteiger charge is -2.17. The van der Waals surface area contributed by atoms with E-state index in [0.29, 0.717) is 0 Å². The number of carbonyl (C=O) groups is 1. The Morgan fingerprint density at radius 1 is 1.37 bits per heavy atom. The van der Waals surface area contributed by atoms with Crippen molar-refractivity contribution in [2.24, 2.45) is 0 Å². The molecule has 0 saturated heterocycles. The SMILES string of the molecule is CN(CC(F)F)C(=O)c1cc(N)cc(S(C)(=O)=O)c1. The molecule has 0 aliphatic heterocycles. The summed E-state index contributed by atoms with van der Waals surface area (Å²) < 4.78 is 47.2. The topological polar surface area (TPSA) is 80.5 Å². The molecule has 1 amide bonds. The fraction of sp³-hybridized carbons (Fsp3) is 0.364. The van der Waals surface area contributed by atoms with Crippen molar-refractivity contribution in [1.29, 1.82) is 0 Å². The van der Waals surface area contributed by atoms with Crippen molar-refractivity contribution in [2.75, 3.05) is 25.6 Å². The second-order valence-corrected chi connectivity index (χ2v) is 6.16. The van der Waals surface area contributed by atoms with Crippen LogP contribution in [0.4, 0.5) is 14.5 Å². The number of nitrogens with zero attached hydrogens (tertiary/aromatic N) is 1. The van der Waals surface area contributed by atoms with Gasteiger partial charge in [0.2, 0.25) is 0 Å². The Hall–Kier alpha value is -1.70. The van der Waals surface area contributed by atoms with Crippen LogP contribution in [-0.4, -0.2) is 45.5 Å². The molecule has 106 valence electrons. The molecule has 2 N–H and O–H groups in total. The van der Waals surface area contributed by atoms with Gasteiger partial charge in [0.1, 0.15) is 0 Å². The standard InChI is InChI=1S/C11H14F2N2O3S/c1-15(6-10(12)13)11(16)7-3-8(14)5-9(4-7)19(2,17)18/h3-5,10H,6,14H2,1-2H3. The summed E-state index contributed by atoms with van der Waals surface area (Å²) >= 11 is 0. The summed E-state index contributed by atoms with van der Waals surface area (Å²) in [6, 6.07) is 3.58. The number of alkyl halides is 2. The number of amides is 1. The fourth-order valence-electron chi connectivity index (χ4n) is 1.47. The maximum absolute atomic E-state index is 12.2. The molecule has 1 aromatic carbocycles. The molecule has 0 heterocycles. The highest BCUT2D eigenvalue weighted by atomic mass is 32.2. The van der Waals surface area contributed by atoms with Gasteiger partial charge in [0, 0.05) is 24.6 Å². The number of rotatable bonds is 4. The van der Waals surface area contributed by atoms with Crippen LogP contribution in [-0.2, 0) is 9.84 Å². The van der Waals surface area contributed by atoms with Crippen LogP contribution in [0.3, 0.4) is 0 Å². The number of nitrogens with two attached hydrogens (primary N) is 1. The van der Waals surface area contributed by atoms with E-state index in [4.69, 9.17) is 5.73 Å². The Balaban J connectivity index is 3.14. The zero-order chi connectivity index (χ0) is 14.8. The van der Waals surface area contributed by atoms with E-state index in [1.807, 2.05) is 0 Å². The molecule has 0 saturated carbocycles. The van der Waals surface area contributed by atoms with E-state index in [0.717, 1.165) is 17.2 Å². The smallest absolute Gasteiger partial charge is 0.255 e. The Labute approximate surface area is 109 Å². The number of carbonyl (C=O) groups excluding carboxylic acids is 1. The van der Waals surface area contributed by atoms with Gasteiger partial charge in [0.15, 0.2) is 9.84 Å². The van der Waals surface area contributed by atoms with Crippen LogP contribution in [0.2, 0.25) is 0 Å². The monoisotopic (exact) mass is 292 g/mol. The number of halogens is 2. The van der Waals surface area contributed by atoms with Crippen LogP contribution >= 0.6 is 0 Å². The highest BCUT2D eigenvalue weighted by molar-refractivity contribution is 7.90. The largest absolute Gasteiger partial charge is 0.399 e. The first kappa shape index (κ1) is 15.4. The molecule has 0 aromatic heterocycles. The molecule has 0 aliphatic carbocycles. The molecule has 0 unspecified atom stereocenters. The van der Waals surface area contributed by atoms with Gasteiger partial charge in [0.25, 0.3) is 12.3 Å². The van der Waals surface area contributed by atoms with Crippen LogP contribution in [0.1, 0.15) is 10.4 Å². The maximum Gasteiger partial charge on any atom is 0.255 e. The molecule has 0 fully saturated rings. The first-order valence-electron chi connectivity index (χ1n) is 5.25. The molecule has 5 nitrogen and oxygen atoms in total. The zero-order valence-electron chi connectivity index (χ0n) is 10.4. The maximum atomic E-state index is 12.2. The van der Waals surface area contributed by atoms with Crippen LogP contribution in [0, 0.1) is 0 Å². The van der Waals surface area contributed by atoms with E-state index in [1.165, 1.54) is 19.2 Å². The number of hydrogen-bond acceptors (Lipinski definition) is 4.